The minimum absolute atomic E-state index is 0.169. The number of hydrogen-bond donors (Lipinski definition) is 1. The third-order valence-electron chi connectivity index (χ3n) is 3.41. The molecular formula is C16H15ClO4. The highest BCUT2D eigenvalue weighted by Gasteiger charge is 2.22. The Hall–Kier alpha value is -1.91. The molecule has 5 heteroatoms. The molecule has 0 saturated heterocycles. The first-order chi connectivity index (χ1) is 10.2. The van der Waals surface area contributed by atoms with E-state index < -0.39 is 6.10 Å². The van der Waals surface area contributed by atoms with Crippen molar-refractivity contribution in [1.82, 2.24) is 0 Å². The van der Waals surface area contributed by atoms with E-state index in [1.807, 2.05) is 24.3 Å². The Morgan fingerprint density at radius 3 is 2.71 bits per heavy atom. The van der Waals surface area contributed by atoms with Crippen LogP contribution >= 0.6 is 11.6 Å². The number of ether oxygens (including phenoxy) is 3. The van der Waals surface area contributed by atoms with Gasteiger partial charge in [-0.1, -0.05) is 23.7 Å². The molecule has 0 spiro atoms. The molecule has 1 atom stereocenters. The molecule has 0 aliphatic carbocycles. The molecule has 2 aromatic rings. The van der Waals surface area contributed by atoms with Gasteiger partial charge in [-0.2, -0.15) is 0 Å². The van der Waals surface area contributed by atoms with Crippen molar-refractivity contribution in [2.24, 2.45) is 0 Å². The summed E-state index contributed by atoms with van der Waals surface area (Å²) in [6, 6.07) is 11.0. The van der Waals surface area contributed by atoms with E-state index >= 15 is 0 Å². The van der Waals surface area contributed by atoms with E-state index in [4.69, 9.17) is 25.8 Å². The average molecular weight is 307 g/mol. The lowest BCUT2D eigenvalue weighted by molar-refractivity contribution is 0.170. The van der Waals surface area contributed by atoms with Gasteiger partial charge in [-0.05, 0) is 35.4 Å². The number of fused-ring (bicyclic) bond motifs is 1. The summed E-state index contributed by atoms with van der Waals surface area (Å²) in [7, 11) is 1.56. The second-order valence-electron chi connectivity index (χ2n) is 4.80. The minimum Gasteiger partial charge on any atom is -0.493 e. The second-order valence-corrected chi connectivity index (χ2v) is 5.24. The van der Waals surface area contributed by atoms with E-state index in [0.29, 0.717) is 28.7 Å². The Morgan fingerprint density at radius 1 is 1.24 bits per heavy atom. The van der Waals surface area contributed by atoms with E-state index in [1.165, 1.54) is 0 Å². The molecule has 0 amide bonds. The lowest BCUT2D eigenvalue weighted by atomic mass is 10.0. The van der Waals surface area contributed by atoms with Gasteiger partial charge in [-0.15, -0.1) is 0 Å². The summed E-state index contributed by atoms with van der Waals surface area (Å²) in [4.78, 5) is 0. The third kappa shape index (κ3) is 2.91. The topological polar surface area (TPSA) is 47.9 Å². The monoisotopic (exact) mass is 306 g/mol. The van der Waals surface area contributed by atoms with Crippen LogP contribution in [0, 0.1) is 0 Å². The lowest BCUT2D eigenvalue weighted by Gasteiger charge is -2.14. The number of hydrogen-bond acceptors (Lipinski definition) is 4. The van der Waals surface area contributed by atoms with Gasteiger partial charge in [0.15, 0.2) is 11.5 Å². The molecule has 1 unspecified atom stereocenters. The van der Waals surface area contributed by atoms with Crippen molar-refractivity contribution in [2.45, 2.75) is 12.5 Å². The SMILES string of the molecule is COc1cc(C(O)Cc2ccc(Cl)cc2)cc2c1OCO2. The van der Waals surface area contributed by atoms with Crippen LogP contribution in [0.15, 0.2) is 36.4 Å². The van der Waals surface area contributed by atoms with Crippen molar-refractivity contribution < 1.29 is 19.3 Å². The fourth-order valence-electron chi connectivity index (χ4n) is 2.30. The lowest BCUT2D eigenvalue weighted by Crippen LogP contribution is -2.02. The fourth-order valence-corrected chi connectivity index (χ4v) is 2.43. The molecule has 0 fully saturated rings. The van der Waals surface area contributed by atoms with Crippen LogP contribution in [0.1, 0.15) is 17.2 Å². The summed E-state index contributed by atoms with van der Waals surface area (Å²) < 4.78 is 16.0. The Bertz CT molecular complexity index is 639. The maximum Gasteiger partial charge on any atom is 0.231 e. The molecule has 110 valence electrons. The van der Waals surface area contributed by atoms with Crippen LogP contribution in [0.4, 0.5) is 0 Å². The molecule has 21 heavy (non-hydrogen) atoms. The standard InChI is InChI=1S/C16H15ClO4/c1-19-14-7-11(8-15-16(14)21-9-20-15)13(18)6-10-2-4-12(17)5-3-10/h2-5,7-8,13,18H,6,9H2,1H3. The van der Waals surface area contributed by atoms with Gasteiger partial charge in [0.2, 0.25) is 12.5 Å². The maximum atomic E-state index is 10.4. The molecule has 2 aromatic carbocycles. The number of benzene rings is 2. The van der Waals surface area contributed by atoms with Gasteiger partial charge in [0, 0.05) is 11.4 Å². The normalized spacial score (nSPS) is 14.0. The molecule has 3 rings (SSSR count). The number of halogens is 1. The van der Waals surface area contributed by atoms with Crippen LogP contribution in [0.2, 0.25) is 5.02 Å². The fraction of sp³-hybridized carbons (Fsp3) is 0.250. The van der Waals surface area contributed by atoms with Crippen LogP contribution in [0.3, 0.4) is 0 Å². The number of aliphatic hydroxyl groups is 1. The molecule has 0 radical (unpaired) electrons. The summed E-state index contributed by atoms with van der Waals surface area (Å²) in [5.41, 5.74) is 1.73. The Labute approximate surface area is 127 Å². The summed E-state index contributed by atoms with van der Waals surface area (Å²) in [6.07, 6.45) is -0.172. The Kier molecular flexibility index (Phi) is 3.90. The van der Waals surface area contributed by atoms with Gasteiger partial charge in [0.25, 0.3) is 0 Å². The summed E-state index contributed by atoms with van der Waals surface area (Å²) in [5, 5.41) is 11.1. The molecule has 1 aliphatic rings. The van der Waals surface area contributed by atoms with Crippen LogP contribution in [0.5, 0.6) is 17.2 Å². The molecule has 1 heterocycles. The largest absolute Gasteiger partial charge is 0.493 e. The van der Waals surface area contributed by atoms with E-state index in [2.05, 4.69) is 0 Å². The van der Waals surface area contributed by atoms with Crippen molar-refractivity contribution in [2.75, 3.05) is 13.9 Å². The summed E-state index contributed by atoms with van der Waals surface area (Å²) >= 11 is 5.86. The van der Waals surface area contributed by atoms with Crippen LogP contribution in [-0.4, -0.2) is 19.0 Å². The molecule has 0 bridgehead atoms. The molecule has 1 aliphatic heterocycles. The maximum absolute atomic E-state index is 10.4. The Morgan fingerprint density at radius 2 is 2.00 bits per heavy atom. The zero-order valence-corrected chi connectivity index (χ0v) is 12.3. The van der Waals surface area contributed by atoms with Gasteiger partial charge in [-0.3, -0.25) is 0 Å². The minimum atomic E-state index is -0.658. The Balaban J connectivity index is 1.84. The average Bonchev–Trinajstić information content (AvgIpc) is 2.97. The van der Waals surface area contributed by atoms with Gasteiger partial charge >= 0.3 is 0 Å². The second kappa shape index (κ2) is 5.84. The smallest absolute Gasteiger partial charge is 0.231 e. The predicted molar refractivity (Wildman–Crippen MR) is 79.2 cm³/mol. The van der Waals surface area contributed by atoms with Gasteiger partial charge < -0.3 is 19.3 Å². The first-order valence-electron chi connectivity index (χ1n) is 6.57. The molecular weight excluding hydrogens is 292 g/mol. The van der Waals surface area contributed by atoms with Crippen molar-refractivity contribution in [1.29, 1.82) is 0 Å². The quantitative estimate of drug-likeness (QED) is 0.941. The highest BCUT2D eigenvalue weighted by molar-refractivity contribution is 6.30. The van der Waals surface area contributed by atoms with E-state index in [1.54, 1.807) is 19.2 Å². The summed E-state index contributed by atoms with van der Waals surface area (Å²) in [6.45, 7) is 0.169. The number of aliphatic hydroxyl groups excluding tert-OH is 1. The predicted octanol–water partition coefficient (Wildman–Crippen LogP) is 3.35. The molecule has 4 nitrogen and oxygen atoms in total. The highest BCUT2D eigenvalue weighted by Crippen LogP contribution is 2.43. The van der Waals surface area contributed by atoms with Crippen LogP contribution in [-0.2, 0) is 6.42 Å². The zero-order valence-electron chi connectivity index (χ0n) is 11.5. The van der Waals surface area contributed by atoms with E-state index in [9.17, 15) is 5.11 Å². The number of methoxy groups -OCH3 is 1. The third-order valence-corrected chi connectivity index (χ3v) is 3.66. The summed E-state index contributed by atoms with van der Waals surface area (Å²) in [5.74, 6) is 1.75. The van der Waals surface area contributed by atoms with Gasteiger partial charge in [-0.25, -0.2) is 0 Å². The van der Waals surface area contributed by atoms with Crippen molar-refractivity contribution in [3.8, 4) is 17.2 Å². The van der Waals surface area contributed by atoms with E-state index in [0.717, 1.165) is 11.1 Å². The first kappa shape index (κ1) is 14.0. The van der Waals surface area contributed by atoms with E-state index in [-0.39, 0.29) is 6.79 Å². The van der Waals surface area contributed by atoms with Crippen molar-refractivity contribution in [3.05, 3.63) is 52.5 Å². The van der Waals surface area contributed by atoms with Gasteiger partial charge in [0.05, 0.1) is 13.2 Å². The molecule has 0 saturated carbocycles. The zero-order chi connectivity index (χ0) is 14.8. The van der Waals surface area contributed by atoms with Crippen molar-refractivity contribution in [3.63, 3.8) is 0 Å². The van der Waals surface area contributed by atoms with Crippen LogP contribution in [0.25, 0.3) is 0 Å². The molecule has 1 N–H and O–H groups in total. The van der Waals surface area contributed by atoms with Crippen LogP contribution < -0.4 is 14.2 Å². The van der Waals surface area contributed by atoms with Gasteiger partial charge in [0.1, 0.15) is 0 Å². The molecule has 0 aromatic heterocycles. The van der Waals surface area contributed by atoms with Crippen molar-refractivity contribution >= 4 is 11.6 Å². The highest BCUT2D eigenvalue weighted by atomic mass is 35.5. The number of rotatable bonds is 4. The first-order valence-corrected chi connectivity index (χ1v) is 6.95.